The Morgan fingerprint density at radius 3 is 2.52 bits per heavy atom. The third-order valence-corrected chi connectivity index (χ3v) is 5.63. The average Bonchev–Trinajstić information content (AvgIpc) is 2.50. The second-order valence-corrected chi connectivity index (χ2v) is 8.64. The summed E-state index contributed by atoms with van der Waals surface area (Å²) < 4.78 is 6.30. The molecule has 0 amide bonds. The van der Waals surface area contributed by atoms with Gasteiger partial charge in [0.2, 0.25) is 0 Å². The molecule has 1 unspecified atom stereocenters. The molecule has 1 atom stereocenters. The molecule has 0 aliphatic carbocycles. The van der Waals surface area contributed by atoms with E-state index in [4.69, 9.17) is 4.74 Å². The molecule has 2 rings (SSSR count). The molecule has 0 aromatic heterocycles. The summed E-state index contributed by atoms with van der Waals surface area (Å²) in [7, 11) is 0. The molecule has 1 heterocycles. The van der Waals surface area contributed by atoms with Crippen LogP contribution in [0.2, 0.25) is 0 Å². The zero-order chi connectivity index (χ0) is 17.1. The lowest BCUT2D eigenvalue weighted by atomic mass is 9.74. The third kappa shape index (κ3) is 4.31. The molecule has 23 heavy (non-hydrogen) atoms. The Morgan fingerprint density at radius 2 is 1.87 bits per heavy atom. The van der Waals surface area contributed by atoms with Gasteiger partial charge in [-0.2, -0.15) is 0 Å². The van der Waals surface area contributed by atoms with Crippen molar-refractivity contribution >= 4 is 0 Å². The van der Waals surface area contributed by atoms with Crippen LogP contribution in [-0.2, 0) is 10.8 Å². The maximum atomic E-state index is 6.30. The molecule has 0 bridgehead atoms. The van der Waals surface area contributed by atoms with Gasteiger partial charge in [-0.05, 0) is 47.3 Å². The van der Waals surface area contributed by atoms with Gasteiger partial charge in [-0.15, -0.1) is 0 Å². The molecule has 0 saturated heterocycles. The molecular weight excluding hydrogens is 280 g/mol. The maximum Gasteiger partial charge on any atom is 0.123 e. The van der Waals surface area contributed by atoms with Gasteiger partial charge in [0.1, 0.15) is 5.75 Å². The van der Waals surface area contributed by atoms with Gasteiger partial charge in [0.25, 0.3) is 0 Å². The molecule has 1 aromatic carbocycles. The smallest absolute Gasteiger partial charge is 0.123 e. The Morgan fingerprint density at radius 1 is 1.13 bits per heavy atom. The van der Waals surface area contributed by atoms with Crippen molar-refractivity contribution in [3.05, 3.63) is 29.3 Å². The Bertz CT molecular complexity index is 513. The van der Waals surface area contributed by atoms with Gasteiger partial charge in [0.05, 0.1) is 6.10 Å². The summed E-state index contributed by atoms with van der Waals surface area (Å²) in [5.74, 6) is 1.13. The predicted molar refractivity (Wildman–Crippen MR) is 101 cm³/mol. The fraction of sp³-hybridized carbons (Fsp3) is 0.727. The highest BCUT2D eigenvalue weighted by atomic mass is 16.5. The second-order valence-electron chi connectivity index (χ2n) is 8.64. The zero-order valence-electron chi connectivity index (χ0n) is 16.2. The molecule has 0 N–H and O–H groups in total. The highest BCUT2D eigenvalue weighted by Gasteiger charge is 2.34. The number of hydrogen-bond donors (Lipinski definition) is 0. The van der Waals surface area contributed by atoms with Crippen LogP contribution in [0, 0.1) is 0 Å². The van der Waals surface area contributed by atoms with E-state index in [0.717, 1.165) is 18.6 Å². The number of rotatable bonds is 7. The van der Waals surface area contributed by atoms with Crippen LogP contribution in [0.5, 0.6) is 5.75 Å². The van der Waals surface area contributed by atoms with Crippen LogP contribution in [0.1, 0.15) is 97.6 Å². The van der Waals surface area contributed by atoms with E-state index in [9.17, 15) is 0 Å². The lowest BCUT2D eigenvalue weighted by Gasteiger charge is -2.38. The number of benzene rings is 1. The molecule has 1 nitrogen and oxygen atoms in total. The second kappa shape index (κ2) is 7.28. The standard InChI is InChI=1S/C22H36O/c1-7-9-10-11-14-21(3,4)17-12-13-19-20(15-17)23-18(8-2)16-22(19,5)6/h12-13,15,18H,7-11,14,16H2,1-6H3. The summed E-state index contributed by atoms with van der Waals surface area (Å²) >= 11 is 0. The quantitative estimate of drug-likeness (QED) is 0.504. The van der Waals surface area contributed by atoms with Crippen molar-refractivity contribution in [2.45, 2.75) is 103 Å². The van der Waals surface area contributed by atoms with Crippen molar-refractivity contribution in [1.29, 1.82) is 0 Å². The SMILES string of the molecule is CCCCCCC(C)(C)c1ccc2c(c1)OC(CC)CC2(C)C. The van der Waals surface area contributed by atoms with Crippen LogP contribution < -0.4 is 4.74 Å². The van der Waals surface area contributed by atoms with Crippen molar-refractivity contribution in [3.8, 4) is 5.75 Å². The zero-order valence-corrected chi connectivity index (χ0v) is 16.2. The van der Waals surface area contributed by atoms with Gasteiger partial charge >= 0.3 is 0 Å². The Hall–Kier alpha value is -0.980. The number of fused-ring (bicyclic) bond motifs is 1. The molecule has 1 aromatic rings. The number of unbranched alkanes of at least 4 members (excludes halogenated alkanes) is 3. The van der Waals surface area contributed by atoms with Crippen molar-refractivity contribution in [2.75, 3.05) is 0 Å². The van der Waals surface area contributed by atoms with Crippen LogP contribution in [-0.4, -0.2) is 6.10 Å². The molecule has 1 heteroatoms. The van der Waals surface area contributed by atoms with Crippen LogP contribution in [0.25, 0.3) is 0 Å². The van der Waals surface area contributed by atoms with E-state index in [1.807, 2.05) is 0 Å². The predicted octanol–water partition coefficient (Wildman–Crippen LogP) is 6.77. The van der Waals surface area contributed by atoms with Crippen molar-refractivity contribution < 1.29 is 4.74 Å². The summed E-state index contributed by atoms with van der Waals surface area (Å²) in [6, 6.07) is 7.00. The fourth-order valence-corrected chi connectivity index (χ4v) is 3.87. The van der Waals surface area contributed by atoms with E-state index in [1.54, 1.807) is 0 Å². The number of ether oxygens (including phenoxy) is 1. The van der Waals surface area contributed by atoms with E-state index in [1.165, 1.54) is 43.2 Å². The van der Waals surface area contributed by atoms with E-state index >= 15 is 0 Å². The summed E-state index contributed by atoms with van der Waals surface area (Å²) in [6.07, 6.45) is 9.17. The van der Waals surface area contributed by atoms with Crippen molar-refractivity contribution in [1.82, 2.24) is 0 Å². The lowest BCUT2D eigenvalue weighted by molar-refractivity contribution is 0.130. The Labute approximate surface area is 143 Å². The van der Waals surface area contributed by atoms with E-state index in [0.29, 0.717) is 6.10 Å². The topological polar surface area (TPSA) is 9.23 Å². The van der Waals surface area contributed by atoms with Crippen molar-refractivity contribution in [3.63, 3.8) is 0 Å². The van der Waals surface area contributed by atoms with Gasteiger partial charge in [-0.3, -0.25) is 0 Å². The Kier molecular flexibility index (Phi) is 5.81. The summed E-state index contributed by atoms with van der Waals surface area (Å²) in [5.41, 5.74) is 3.26. The minimum Gasteiger partial charge on any atom is -0.490 e. The van der Waals surface area contributed by atoms with E-state index < -0.39 is 0 Å². The van der Waals surface area contributed by atoms with E-state index in [2.05, 4.69) is 59.7 Å². The molecule has 130 valence electrons. The van der Waals surface area contributed by atoms with Crippen LogP contribution in [0.3, 0.4) is 0 Å². The first-order valence-corrected chi connectivity index (χ1v) is 9.62. The minimum atomic E-state index is 0.220. The fourth-order valence-electron chi connectivity index (χ4n) is 3.87. The first-order valence-electron chi connectivity index (χ1n) is 9.62. The molecule has 0 saturated carbocycles. The van der Waals surface area contributed by atoms with Gasteiger partial charge < -0.3 is 4.74 Å². The highest BCUT2D eigenvalue weighted by molar-refractivity contribution is 5.45. The molecule has 0 spiro atoms. The van der Waals surface area contributed by atoms with Crippen LogP contribution in [0.4, 0.5) is 0 Å². The molecular formula is C22H36O. The normalized spacial score (nSPS) is 20.0. The molecule has 0 radical (unpaired) electrons. The van der Waals surface area contributed by atoms with Gasteiger partial charge in [0.15, 0.2) is 0 Å². The summed E-state index contributed by atoms with van der Waals surface area (Å²) in [4.78, 5) is 0. The number of hydrogen-bond acceptors (Lipinski definition) is 1. The van der Waals surface area contributed by atoms with Crippen LogP contribution >= 0.6 is 0 Å². The molecule has 0 fully saturated rings. The average molecular weight is 317 g/mol. The largest absolute Gasteiger partial charge is 0.490 e. The maximum absolute atomic E-state index is 6.30. The molecule has 1 aliphatic heterocycles. The summed E-state index contributed by atoms with van der Waals surface area (Å²) in [5, 5.41) is 0. The van der Waals surface area contributed by atoms with E-state index in [-0.39, 0.29) is 10.8 Å². The third-order valence-electron chi connectivity index (χ3n) is 5.63. The minimum absolute atomic E-state index is 0.220. The van der Waals surface area contributed by atoms with Crippen LogP contribution in [0.15, 0.2) is 18.2 Å². The van der Waals surface area contributed by atoms with Gasteiger partial charge in [-0.25, -0.2) is 0 Å². The van der Waals surface area contributed by atoms with Gasteiger partial charge in [0, 0.05) is 0 Å². The molecule has 1 aliphatic rings. The van der Waals surface area contributed by atoms with Crippen molar-refractivity contribution in [2.24, 2.45) is 0 Å². The lowest BCUT2D eigenvalue weighted by Crippen LogP contribution is -2.34. The first kappa shape index (κ1) is 18.4. The monoisotopic (exact) mass is 316 g/mol. The summed E-state index contributed by atoms with van der Waals surface area (Å²) in [6.45, 7) is 14.0. The Balaban J connectivity index is 2.19. The highest BCUT2D eigenvalue weighted by Crippen LogP contribution is 2.43. The van der Waals surface area contributed by atoms with Gasteiger partial charge in [-0.1, -0.05) is 79.4 Å². The first-order chi connectivity index (χ1) is 10.8.